The largest absolute Gasteiger partial charge is 0.324 e. The highest BCUT2D eigenvalue weighted by atomic mass is 32.2. The van der Waals surface area contributed by atoms with Crippen LogP contribution in [0.15, 0.2) is 64.5 Å². The van der Waals surface area contributed by atoms with E-state index in [1.54, 1.807) is 26.0 Å². The number of hydrogen-bond acceptors (Lipinski definition) is 6. The smallest absolute Gasteiger partial charge is 0.262 e. The van der Waals surface area contributed by atoms with Crippen LogP contribution in [0.5, 0.6) is 0 Å². The van der Waals surface area contributed by atoms with Gasteiger partial charge >= 0.3 is 0 Å². The Morgan fingerprint density at radius 3 is 2.50 bits per heavy atom. The molecule has 0 aliphatic rings. The molecule has 4 aromatic rings. The fourth-order valence-electron chi connectivity index (χ4n) is 3.48. The first kappa shape index (κ1) is 23.8. The van der Waals surface area contributed by atoms with E-state index in [4.69, 9.17) is 0 Å². The van der Waals surface area contributed by atoms with Crippen molar-refractivity contribution in [2.45, 2.75) is 25.3 Å². The Morgan fingerprint density at radius 2 is 1.82 bits per heavy atom. The van der Waals surface area contributed by atoms with Gasteiger partial charge in [0.25, 0.3) is 5.56 Å². The molecule has 1 amide bonds. The molecule has 34 heavy (non-hydrogen) atoms. The van der Waals surface area contributed by atoms with E-state index < -0.39 is 15.9 Å². The van der Waals surface area contributed by atoms with Crippen molar-refractivity contribution in [1.29, 1.82) is 0 Å². The molecule has 2 aromatic carbocycles. The van der Waals surface area contributed by atoms with E-state index in [2.05, 4.69) is 10.3 Å². The van der Waals surface area contributed by atoms with Crippen molar-refractivity contribution in [1.82, 2.24) is 13.9 Å². The minimum absolute atomic E-state index is 0.0860. The number of thiophene rings is 1. The van der Waals surface area contributed by atoms with Gasteiger partial charge in [0.1, 0.15) is 11.4 Å². The summed E-state index contributed by atoms with van der Waals surface area (Å²) in [5.74, 6) is -0.455. The Morgan fingerprint density at radius 1 is 1.12 bits per heavy atom. The predicted molar refractivity (Wildman–Crippen MR) is 135 cm³/mol. The standard InChI is InChI=1S/C24H24N4O4S2/c1-15-10-18(34(31,32)27(3)4)11-20(16(15)2)26-22(29)13-28-14-25-23-19(24(28)30)12-21(33-23)17-8-6-5-7-9-17/h5-12,14H,13H2,1-4H3,(H,26,29). The number of nitrogens with one attached hydrogen (secondary N) is 1. The summed E-state index contributed by atoms with van der Waals surface area (Å²) < 4.78 is 27.5. The van der Waals surface area contributed by atoms with Crippen LogP contribution in [-0.4, -0.2) is 42.3 Å². The number of rotatable bonds is 6. The van der Waals surface area contributed by atoms with Crippen molar-refractivity contribution in [3.63, 3.8) is 0 Å². The third-order valence-corrected chi connectivity index (χ3v) is 8.47. The van der Waals surface area contributed by atoms with Crippen LogP contribution in [-0.2, 0) is 21.4 Å². The minimum atomic E-state index is -3.67. The summed E-state index contributed by atoms with van der Waals surface area (Å²) in [5, 5.41) is 3.20. The fraction of sp³-hybridized carbons (Fsp3) is 0.208. The molecule has 4 rings (SSSR count). The van der Waals surface area contributed by atoms with Gasteiger partial charge in [-0.05, 0) is 48.7 Å². The van der Waals surface area contributed by atoms with Crippen molar-refractivity contribution < 1.29 is 13.2 Å². The van der Waals surface area contributed by atoms with Crippen molar-refractivity contribution >= 4 is 43.2 Å². The molecule has 2 heterocycles. The normalized spacial score (nSPS) is 11.8. The number of benzene rings is 2. The van der Waals surface area contributed by atoms with E-state index in [0.717, 1.165) is 25.9 Å². The lowest BCUT2D eigenvalue weighted by Crippen LogP contribution is -2.28. The molecule has 1 N–H and O–H groups in total. The third kappa shape index (κ3) is 4.52. The topological polar surface area (TPSA) is 101 Å². The van der Waals surface area contributed by atoms with E-state index in [9.17, 15) is 18.0 Å². The number of carbonyl (C=O) groups excluding carboxylic acids is 1. The monoisotopic (exact) mass is 496 g/mol. The highest BCUT2D eigenvalue weighted by Crippen LogP contribution is 2.30. The summed E-state index contributed by atoms with van der Waals surface area (Å²) in [5.41, 5.74) is 2.54. The zero-order valence-corrected chi connectivity index (χ0v) is 20.8. The maximum absolute atomic E-state index is 13.0. The maximum atomic E-state index is 13.0. The van der Waals surface area contributed by atoms with Crippen molar-refractivity contribution in [3.8, 4) is 10.4 Å². The molecule has 0 atom stereocenters. The number of nitrogens with zero attached hydrogens (tertiary/aromatic N) is 3. The van der Waals surface area contributed by atoms with E-state index in [-0.39, 0.29) is 17.0 Å². The van der Waals surface area contributed by atoms with E-state index in [0.29, 0.717) is 15.9 Å². The first-order chi connectivity index (χ1) is 16.1. The number of fused-ring (bicyclic) bond motifs is 1. The molecule has 10 heteroatoms. The molecule has 8 nitrogen and oxygen atoms in total. The maximum Gasteiger partial charge on any atom is 0.262 e. The number of hydrogen-bond donors (Lipinski definition) is 1. The summed E-state index contributed by atoms with van der Waals surface area (Å²) in [7, 11) is -0.766. The quantitative estimate of drug-likeness (QED) is 0.439. The molecule has 0 bridgehead atoms. The van der Waals surface area contributed by atoms with Gasteiger partial charge in [-0.1, -0.05) is 30.3 Å². The lowest BCUT2D eigenvalue weighted by atomic mass is 10.1. The molecule has 0 aliphatic carbocycles. The Labute approximate surface area is 201 Å². The average molecular weight is 497 g/mol. The molecule has 0 saturated carbocycles. The Bertz CT molecular complexity index is 1560. The number of aryl methyl sites for hydroxylation is 1. The van der Waals surface area contributed by atoms with Crippen LogP contribution in [0.3, 0.4) is 0 Å². The zero-order chi connectivity index (χ0) is 24.6. The molecule has 0 spiro atoms. The lowest BCUT2D eigenvalue weighted by molar-refractivity contribution is -0.116. The fourth-order valence-corrected chi connectivity index (χ4v) is 5.49. The molecule has 0 unspecified atom stereocenters. The number of anilines is 1. The summed E-state index contributed by atoms with van der Waals surface area (Å²) in [6.45, 7) is 3.33. The number of sulfonamides is 1. The van der Waals surface area contributed by atoms with Gasteiger partial charge in [-0.3, -0.25) is 14.2 Å². The molecule has 0 radical (unpaired) electrons. The van der Waals surface area contributed by atoms with Crippen molar-refractivity contribution in [3.05, 3.63) is 76.3 Å². The Hall–Kier alpha value is -3.34. The van der Waals surface area contributed by atoms with E-state index in [1.807, 2.05) is 30.3 Å². The minimum Gasteiger partial charge on any atom is -0.324 e. The van der Waals surface area contributed by atoms with E-state index in [1.165, 1.54) is 42.4 Å². The molecule has 176 valence electrons. The van der Waals surface area contributed by atoms with E-state index >= 15 is 0 Å². The second-order valence-electron chi connectivity index (χ2n) is 8.12. The molecule has 0 fully saturated rings. The highest BCUT2D eigenvalue weighted by molar-refractivity contribution is 7.89. The van der Waals surface area contributed by atoms with Crippen molar-refractivity contribution in [2.24, 2.45) is 0 Å². The van der Waals surface area contributed by atoms with Gasteiger partial charge < -0.3 is 5.32 Å². The number of amides is 1. The molecular formula is C24H24N4O4S2. The van der Waals surface area contributed by atoms with Crippen LogP contribution >= 0.6 is 11.3 Å². The van der Waals surface area contributed by atoms with Gasteiger partial charge in [0.15, 0.2) is 0 Å². The first-order valence-electron chi connectivity index (χ1n) is 10.5. The van der Waals surface area contributed by atoms with Gasteiger partial charge in [-0.2, -0.15) is 0 Å². The average Bonchev–Trinajstić information content (AvgIpc) is 3.24. The lowest BCUT2D eigenvalue weighted by Gasteiger charge is -2.16. The zero-order valence-electron chi connectivity index (χ0n) is 19.2. The number of carbonyl (C=O) groups is 1. The van der Waals surface area contributed by atoms with Crippen molar-refractivity contribution in [2.75, 3.05) is 19.4 Å². The van der Waals surface area contributed by atoms with Gasteiger partial charge in [0.2, 0.25) is 15.9 Å². The van der Waals surface area contributed by atoms with Crippen LogP contribution in [0.25, 0.3) is 20.7 Å². The second-order valence-corrected chi connectivity index (χ2v) is 11.3. The summed E-state index contributed by atoms with van der Waals surface area (Å²) in [4.78, 5) is 31.8. The number of aromatic nitrogens is 2. The Balaban J connectivity index is 1.61. The van der Waals surface area contributed by atoms with Gasteiger partial charge in [-0.15, -0.1) is 11.3 Å². The van der Waals surface area contributed by atoms with Crippen LogP contribution < -0.4 is 10.9 Å². The molecular weight excluding hydrogens is 472 g/mol. The summed E-state index contributed by atoms with van der Waals surface area (Å²) in [6, 6.07) is 14.5. The van der Waals surface area contributed by atoms with Gasteiger partial charge in [0.05, 0.1) is 16.6 Å². The van der Waals surface area contributed by atoms with Crippen LogP contribution in [0.2, 0.25) is 0 Å². The highest BCUT2D eigenvalue weighted by Gasteiger charge is 2.20. The summed E-state index contributed by atoms with van der Waals surface area (Å²) >= 11 is 1.42. The van der Waals surface area contributed by atoms with Gasteiger partial charge in [-0.25, -0.2) is 17.7 Å². The van der Waals surface area contributed by atoms with Crippen LogP contribution in [0.4, 0.5) is 5.69 Å². The third-order valence-electron chi connectivity index (χ3n) is 5.58. The molecule has 0 aliphatic heterocycles. The molecule has 0 saturated heterocycles. The first-order valence-corrected chi connectivity index (χ1v) is 12.7. The van der Waals surface area contributed by atoms with Crippen LogP contribution in [0.1, 0.15) is 11.1 Å². The predicted octanol–water partition coefficient (Wildman–Crippen LogP) is 3.63. The second kappa shape index (κ2) is 9.13. The van der Waals surface area contributed by atoms with Crippen LogP contribution in [0, 0.1) is 13.8 Å². The van der Waals surface area contributed by atoms with Gasteiger partial charge in [0, 0.05) is 24.7 Å². The summed E-state index contributed by atoms with van der Waals surface area (Å²) in [6.07, 6.45) is 1.36. The Kier molecular flexibility index (Phi) is 6.39. The molecule has 2 aromatic heterocycles. The SMILES string of the molecule is Cc1cc(S(=O)(=O)N(C)C)cc(NC(=O)Cn2cnc3sc(-c4ccccc4)cc3c2=O)c1C.